The molecule has 1 saturated heterocycles. The molecule has 0 spiro atoms. The van der Waals surface area contributed by atoms with Crippen molar-refractivity contribution in [2.24, 2.45) is 7.05 Å². The molecule has 1 aliphatic rings. The zero-order chi connectivity index (χ0) is 17.2. The predicted molar refractivity (Wildman–Crippen MR) is 94.1 cm³/mol. The SMILES string of the molecule is COc1cccc(-c2noc(CN3CCCC3c3cccn3C)n2)c1. The number of ether oxygens (including phenoxy) is 1. The lowest BCUT2D eigenvalue weighted by Crippen LogP contribution is -2.24. The summed E-state index contributed by atoms with van der Waals surface area (Å²) in [7, 11) is 3.75. The molecule has 3 aromatic rings. The number of likely N-dealkylation sites (tertiary alicyclic amines) is 1. The highest BCUT2D eigenvalue weighted by Gasteiger charge is 2.29. The van der Waals surface area contributed by atoms with Crippen molar-refractivity contribution in [3.05, 3.63) is 54.2 Å². The largest absolute Gasteiger partial charge is 0.497 e. The van der Waals surface area contributed by atoms with Crippen molar-refractivity contribution in [1.29, 1.82) is 0 Å². The van der Waals surface area contributed by atoms with E-state index in [4.69, 9.17) is 9.26 Å². The number of methoxy groups -OCH3 is 1. The number of hydrogen-bond donors (Lipinski definition) is 0. The van der Waals surface area contributed by atoms with Crippen molar-refractivity contribution < 1.29 is 9.26 Å². The van der Waals surface area contributed by atoms with Crippen LogP contribution in [0.2, 0.25) is 0 Å². The molecule has 1 aliphatic heterocycles. The van der Waals surface area contributed by atoms with Crippen LogP contribution in [0.25, 0.3) is 11.4 Å². The van der Waals surface area contributed by atoms with Gasteiger partial charge in [0.05, 0.1) is 19.7 Å². The Bertz CT molecular complexity index is 854. The van der Waals surface area contributed by atoms with Crippen LogP contribution in [0.4, 0.5) is 0 Å². The summed E-state index contributed by atoms with van der Waals surface area (Å²) in [6.45, 7) is 1.72. The molecule has 0 saturated carbocycles. The minimum Gasteiger partial charge on any atom is -0.497 e. The van der Waals surface area contributed by atoms with E-state index < -0.39 is 0 Å². The summed E-state index contributed by atoms with van der Waals surface area (Å²) in [5, 5.41) is 4.14. The van der Waals surface area contributed by atoms with E-state index in [1.54, 1.807) is 7.11 Å². The van der Waals surface area contributed by atoms with Crippen LogP contribution in [-0.2, 0) is 13.6 Å². The molecule has 4 rings (SSSR count). The van der Waals surface area contributed by atoms with E-state index in [2.05, 4.69) is 45.0 Å². The van der Waals surface area contributed by atoms with Crippen molar-refractivity contribution in [3.63, 3.8) is 0 Å². The molecular weight excluding hydrogens is 316 g/mol. The Kier molecular flexibility index (Phi) is 4.28. The number of aromatic nitrogens is 3. The molecule has 0 bridgehead atoms. The van der Waals surface area contributed by atoms with Crippen LogP contribution in [0.5, 0.6) is 5.75 Å². The summed E-state index contributed by atoms with van der Waals surface area (Å²) in [6.07, 6.45) is 4.45. The fourth-order valence-corrected chi connectivity index (χ4v) is 3.54. The van der Waals surface area contributed by atoms with Gasteiger partial charge in [0.15, 0.2) is 0 Å². The first-order chi connectivity index (χ1) is 12.2. The lowest BCUT2D eigenvalue weighted by Gasteiger charge is -2.23. The maximum Gasteiger partial charge on any atom is 0.241 e. The highest BCUT2D eigenvalue weighted by Crippen LogP contribution is 2.33. The highest BCUT2D eigenvalue weighted by molar-refractivity contribution is 5.56. The molecule has 3 heterocycles. The average Bonchev–Trinajstić information content (AvgIpc) is 3.36. The van der Waals surface area contributed by atoms with E-state index in [0.717, 1.165) is 24.3 Å². The van der Waals surface area contributed by atoms with Gasteiger partial charge in [0.1, 0.15) is 5.75 Å². The van der Waals surface area contributed by atoms with Gasteiger partial charge in [-0.3, -0.25) is 4.90 Å². The second-order valence-electron chi connectivity index (χ2n) is 6.42. The Balaban J connectivity index is 1.52. The summed E-state index contributed by atoms with van der Waals surface area (Å²) in [6, 6.07) is 12.4. The zero-order valence-corrected chi connectivity index (χ0v) is 14.6. The van der Waals surface area contributed by atoms with Gasteiger partial charge in [-0.1, -0.05) is 17.3 Å². The summed E-state index contributed by atoms with van der Waals surface area (Å²) < 4.78 is 13.0. The van der Waals surface area contributed by atoms with Crippen LogP contribution in [0.15, 0.2) is 47.1 Å². The van der Waals surface area contributed by atoms with Gasteiger partial charge in [0, 0.05) is 24.5 Å². The van der Waals surface area contributed by atoms with E-state index in [0.29, 0.717) is 24.3 Å². The Hall–Kier alpha value is -2.60. The van der Waals surface area contributed by atoms with Crippen molar-refractivity contribution in [1.82, 2.24) is 19.6 Å². The van der Waals surface area contributed by atoms with Crippen molar-refractivity contribution in [2.75, 3.05) is 13.7 Å². The number of aryl methyl sites for hydroxylation is 1. The van der Waals surface area contributed by atoms with Crippen LogP contribution in [0, 0.1) is 0 Å². The van der Waals surface area contributed by atoms with E-state index in [-0.39, 0.29) is 0 Å². The van der Waals surface area contributed by atoms with Gasteiger partial charge in [0.25, 0.3) is 0 Å². The minimum absolute atomic E-state index is 0.409. The molecule has 1 fully saturated rings. The molecule has 1 atom stereocenters. The summed E-state index contributed by atoms with van der Waals surface area (Å²) in [5.74, 6) is 2.04. The fourth-order valence-electron chi connectivity index (χ4n) is 3.54. The fraction of sp³-hybridized carbons (Fsp3) is 0.368. The van der Waals surface area contributed by atoms with Crippen molar-refractivity contribution in [2.45, 2.75) is 25.4 Å². The predicted octanol–water partition coefficient (Wildman–Crippen LogP) is 3.42. The molecular formula is C19H22N4O2. The normalized spacial score (nSPS) is 17.9. The third-order valence-corrected chi connectivity index (χ3v) is 4.82. The average molecular weight is 338 g/mol. The van der Waals surface area contributed by atoms with Crippen LogP contribution in [-0.4, -0.2) is 33.3 Å². The maximum absolute atomic E-state index is 5.50. The van der Waals surface area contributed by atoms with Crippen LogP contribution >= 0.6 is 0 Å². The Morgan fingerprint density at radius 3 is 3.00 bits per heavy atom. The van der Waals surface area contributed by atoms with E-state index in [1.807, 2.05) is 24.3 Å². The number of rotatable bonds is 5. The van der Waals surface area contributed by atoms with Gasteiger partial charge >= 0.3 is 0 Å². The summed E-state index contributed by atoms with van der Waals surface area (Å²) in [5.41, 5.74) is 2.24. The second kappa shape index (κ2) is 6.72. The third kappa shape index (κ3) is 3.17. The first kappa shape index (κ1) is 15.9. The monoisotopic (exact) mass is 338 g/mol. The maximum atomic E-state index is 5.50. The Morgan fingerprint density at radius 2 is 2.20 bits per heavy atom. The number of benzene rings is 1. The molecule has 0 amide bonds. The first-order valence-corrected chi connectivity index (χ1v) is 8.57. The Morgan fingerprint density at radius 1 is 1.28 bits per heavy atom. The van der Waals surface area contributed by atoms with E-state index >= 15 is 0 Å². The van der Waals surface area contributed by atoms with Gasteiger partial charge in [-0.15, -0.1) is 0 Å². The molecule has 2 aromatic heterocycles. The zero-order valence-electron chi connectivity index (χ0n) is 14.6. The molecule has 0 radical (unpaired) electrons. The van der Waals surface area contributed by atoms with E-state index in [1.165, 1.54) is 12.1 Å². The van der Waals surface area contributed by atoms with Crippen LogP contribution in [0.3, 0.4) is 0 Å². The first-order valence-electron chi connectivity index (χ1n) is 8.57. The molecule has 130 valence electrons. The van der Waals surface area contributed by atoms with Gasteiger partial charge < -0.3 is 13.8 Å². The van der Waals surface area contributed by atoms with E-state index in [9.17, 15) is 0 Å². The lowest BCUT2D eigenvalue weighted by atomic mass is 10.1. The molecule has 1 aromatic carbocycles. The van der Waals surface area contributed by atoms with Gasteiger partial charge in [-0.25, -0.2) is 0 Å². The number of nitrogens with zero attached hydrogens (tertiary/aromatic N) is 4. The van der Waals surface area contributed by atoms with Crippen molar-refractivity contribution >= 4 is 0 Å². The molecule has 0 N–H and O–H groups in total. The molecule has 25 heavy (non-hydrogen) atoms. The lowest BCUT2D eigenvalue weighted by molar-refractivity contribution is 0.207. The van der Waals surface area contributed by atoms with Crippen molar-refractivity contribution in [3.8, 4) is 17.1 Å². The number of hydrogen-bond acceptors (Lipinski definition) is 5. The standard InChI is InChI=1S/C19H22N4O2/c1-22-10-4-8-16(22)17-9-5-11-23(17)13-18-20-19(21-25-18)14-6-3-7-15(12-14)24-2/h3-4,6-8,10,12,17H,5,9,11,13H2,1-2H3. The van der Waals surface area contributed by atoms with Gasteiger partial charge in [-0.05, 0) is 43.7 Å². The minimum atomic E-state index is 0.409. The molecule has 6 nitrogen and oxygen atoms in total. The highest BCUT2D eigenvalue weighted by atomic mass is 16.5. The topological polar surface area (TPSA) is 56.3 Å². The summed E-state index contributed by atoms with van der Waals surface area (Å²) in [4.78, 5) is 6.99. The third-order valence-electron chi connectivity index (χ3n) is 4.82. The van der Waals surface area contributed by atoms with Crippen LogP contribution < -0.4 is 4.74 Å². The Labute approximate surface area is 147 Å². The second-order valence-corrected chi connectivity index (χ2v) is 6.42. The van der Waals surface area contributed by atoms with Gasteiger partial charge in [-0.2, -0.15) is 4.98 Å². The van der Waals surface area contributed by atoms with Crippen LogP contribution in [0.1, 0.15) is 30.5 Å². The van der Waals surface area contributed by atoms with Gasteiger partial charge in [0.2, 0.25) is 11.7 Å². The molecule has 6 heteroatoms. The smallest absolute Gasteiger partial charge is 0.241 e. The quantitative estimate of drug-likeness (QED) is 0.713. The molecule has 0 aliphatic carbocycles. The molecule has 1 unspecified atom stereocenters. The summed E-state index contributed by atoms with van der Waals surface area (Å²) >= 11 is 0.